The first-order valence-electron chi connectivity index (χ1n) is 7.46. The zero-order valence-corrected chi connectivity index (χ0v) is 13.9. The summed E-state index contributed by atoms with van der Waals surface area (Å²) in [6, 6.07) is 5.19. The van der Waals surface area contributed by atoms with Gasteiger partial charge in [-0.25, -0.2) is 13.8 Å². The molecule has 8 nitrogen and oxygen atoms in total. The Bertz CT molecular complexity index is 832. The van der Waals surface area contributed by atoms with E-state index in [1.807, 2.05) is 0 Å². The van der Waals surface area contributed by atoms with Gasteiger partial charge in [-0.3, -0.25) is 9.59 Å². The molecule has 2 heterocycles. The van der Waals surface area contributed by atoms with E-state index in [4.69, 9.17) is 4.74 Å². The van der Waals surface area contributed by atoms with Crippen molar-refractivity contribution in [1.82, 2.24) is 5.43 Å². The average Bonchev–Trinajstić information content (AvgIpc) is 2.91. The van der Waals surface area contributed by atoms with Crippen molar-refractivity contribution in [2.75, 3.05) is 23.4 Å². The number of hydrogen-bond donors (Lipinski definition) is 2. The van der Waals surface area contributed by atoms with Gasteiger partial charge in [0.1, 0.15) is 5.75 Å². The van der Waals surface area contributed by atoms with E-state index in [0.29, 0.717) is 29.1 Å². The summed E-state index contributed by atoms with van der Waals surface area (Å²) in [6.45, 7) is 1.69. The normalized spacial score (nSPS) is 22.3. The maximum absolute atomic E-state index is 12.0. The molecule has 24 heavy (non-hydrogen) atoms. The summed E-state index contributed by atoms with van der Waals surface area (Å²) < 4.78 is 28.1. The van der Waals surface area contributed by atoms with Gasteiger partial charge >= 0.3 is 0 Å². The molecular weight excluding hydrogens is 334 g/mol. The zero-order valence-electron chi connectivity index (χ0n) is 13.0. The highest BCUT2D eigenvalue weighted by Gasteiger charge is 2.32. The third-order valence-electron chi connectivity index (χ3n) is 3.97. The molecule has 2 aliphatic rings. The monoisotopic (exact) mass is 351 g/mol. The molecule has 1 aromatic carbocycles. The van der Waals surface area contributed by atoms with Crippen LogP contribution >= 0.6 is 0 Å². The topological polar surface area (TPSA) is 114 Å². The summed E-state index contributed by atoms with van der Waals surface area (Å²) in [5.74, 6) is -0.697. The van der Waals surface area contributed by atoms with Crippen molar-refractivity contribution in [3.05, 3.63) is 23.8 Å². The van der Waals surface area contributed by atoms with E-state index in [-0.39, 0.29) is 24.0 Å². The third-order valence-corrected chi connectivity index (χ3v) is 5.74. The molecule has 0 bridgehead atoms. The summed E-state index contributed by atoms with van der Waals surface area (Å²) in [7, 11) is -3.11. The van der Waals surface area contributed by atoms with Gasteiger partial charge in [0.15, 0.2) is 16.4 Å². The van der Waals surface area contributed by atoms with E-state index in [1.54, 1.807) is 25.1 Å². The predicted molar refractivity (Wildman–Crippen MR) is 87.7 cm³/mol. The molecule has 2 aliphatic heterocycles. The molecule has 128 valence electrons. The van der Waals surface area contributed by atoms with Crippen LogP contribution in [0.2, 0.25) is 0 Å². The van der Waals surface area contributed by atoms with E-state index < -0.39 is 21.7 Å². The van der Waals surface area contributed by atoms with Crippen LogP contribution < -0.4 is 15.5 Å². The lowest BCUT2D eigenvalue weighted by Gasteiger charge is -2.18. The van der Waals surface area contributed by atoms with Gasteiger partial charge in [-0.1, -0.05) is 0 Å². The molecule has 1 saturated heterocycles. The van der Waals surface area contributed by atoms with Crippen LogP contribution in [0.3, 0.4) is 0 Å². The fourth-order valence-corrected chi connectivity index (χ4v) is 4.35. The highest BCUT2D eigenvalue weighted by Crippen LogP contribution is 2.28. The van der Waals surface area contributed by atoms with Crippen molar-refractivity contribution in [1.29, 1.82) is 0 Å². The van der Waals surface area contributed by atoms with Crippen molar-refractivity contribution in [2.24, 2.45) is 11.0 Å². The number of nitrogens with one attached hydrogen (secondary N) is 2. The van der Waals surface area contributed by atoms with Gasteiger partial charge in [-0.15, -0.1) is 0 Å². The van der Waals surface area contributed by atoms with E-state index in [1.165, 1.54) is 0 Å². The second-order valence-corrected chi connectivity index (χ2v) is 8.05. The van der Waals surface area contributed by atoms with Crippen molar-refractivity contribution in [3.63, 3.8) is 0 Å². The number of hydrogen-bond acceptors (Lipinski definition) is 6. The molecule has 1 fully saturated rings. The van der Waals surface area contributed by atoms with E-state index >= 15 is 0 Å². The number of amides is 2. The summed E-state index contributed by atoms with van der Waals surface area (Å²) in [4.78, 5) is 23.3. The molecule has 0 aliphatic carbocycles. The average molecular weight is 351 g/mol. The number of rotatable bonds is 3. The maximum atomic E-state index is 12.0. The molecule has 1 aromatic rings. The van der Waals surface area contributed by atoms with Crippen molar-refractivity contribution in [3.8, 4) is 5.75 Å². The Morgan fingerprint density at radius 3 is 2.92 bits per heavy atom. The van der Waals surface area contributed by atoms with Crippen LogP contribution in [0.1, 0.15) is 18.9 Å². The van der Waals surface area contributed by atoms with Gasteiger partial charge in [0.2, 0.25) is 5.91 Å². The first-order valence-corrected chi connectivity index (χ1v) is 9.28. The summed E-state index contributed by atoms with van der Waals surface area (Å²) >= 11 is 0. The van der Waals surface area contributed by atoms with Gasteiger partial charge in [-0.05, 0) is 37.1 Å². The molecule has 0 spiro atoms. The smallest absolute Gasteiger partial charge is 0.262 e. The highest BCUT2D eigenvalue weighted by atomic mass is 32.2. The minimum absolute atomic E-state index is 0.0141. The number of fused-ring (bicyclic) bond motifs is 1. The summed E-state index contributed by atoms with van der Waals surface area (Å²) in [5, 5.41) is 6.72. The molecule has 9 heteroatoms. The number of carbonyl (C=O) groups is 2. The van der Waals surface area contributed by atoms with Crippen LogP contribution in [-0.4, -0.2) is 44.1 Å². The number of carbonyl (C=O) groups excluding carboxylic acids is 2. The minimum Gasteiger partial charge on any atom is -0.482 e. The molecular formula is C15H17N3O5S. The Morgan fingerprint density at radius 2 is 2.21 bits per heavy atom. The van der Waals surface area contributed by atoms with E-state index in [0.717, 1.165) is 0 Å². The Hall–Kier alpha value is -2.42. The van der Waals surface area contributed by atoms with Crippen LogP contribution in [-0.2, 0) is 19.4 Å². The van der Waals surface area contributed by atoms with Crippen LogP contribution in [0.4, 0.5) is 5.69 Å². The lowest BCUT2D eigenvalue weighted by Crippen LogP contribution is -2.28. The van der Waals surface area contributed by atoms with Crippen LogP contribution in [0, 0.1) is 5.92 Å². The van der Waals surface area contributed by atoms with Gasteiger partial charge in [0.25, 0.3) is 5.91 Å². The fourth-order valence-electron chi connectivity index (χ4n) is 2.60. The third kappa shape index (κ3) is 3.56. The van der Waals surface area contributed by atoms with Crippen LogP contribution in [0.25, 0.3) is 0 Å². The van der Waals surface area contributed by atoms with Gasteiger partial charge in [-0.2, -0.15) is 5.10 Å². The lowest BCUT2D eigenvalue weighted by molar-refractivity contribution is -0.124. The lowest BCUT2D eigenvalue weighted by atomic mass is 10.1. The van der Waals surface area contributed by atoms with Crippen LogP contribution in [0.5, 0.6) is 5.75 Å². The maximum Gasteiger partial charge on any atom is 0.262 e. The van der Waals surface area contributed by atoms with E-state index in [9.17, 15) is 18.0 Å². The van der Waals surface area contributed by atoms with Crippen LogP contribution in [0.15, 0.2) is 23.3 Å². The number of anilines is 1. The minimum atomic E-state index is -3.11. The largest absolute Gasteiger partial charge is 0.482 e. The first-order chi connectivity index (χ1) is 11.3. The molecule has 1 atom stereocenters. The van der Waals surface area contributed by atoms with E-state index in [2.05, 4.69) is 15.8 Å². The summed E-state index contributed by atoms with van der Waals surface area (Å²) in [6.07, 6.45) is 0.324. The second-order valence-electron chi connectivity index (χ2n) is 5.82. The number of sulfone groups is 1. The molecule has 0 aromatic heterocycles. The number of benzene rings is 1. The Kier molecular flexibility index (Phi) is 4.27. The Balaban J connectivity index is 1.69. The molecule has 2 amide bonds. The number of nitrogens with zero attached hydrogens (tertiary/aromatic N) is 1. The second kappa shape index (κ2) is 6.23. The molecule has 3 rings (SSSR count). The summed E-state index contributed by atoms with van der Waals surface area (Å²) in [5.41, 5.74) is 4.20. The van der Waals surface area contributed by atoms with Crippen molar-refractivity contribution < 1.29 is 22.7 Å². The Labute approximate surface area is 139 Å². The highest BCUT2D eigenvalue weighted by molar-refractivity contribution is 7.91. The first kappa shape index (κ1) is 16.4. The van der Waals surface area contributed by atoms with Gasteiger partial charge < -0.3 is 10.1 Å². The SMILES string of the molecule is C/C(=N/NC(=O)[C@@H]1CCS(=O)(=O)C1)c1ccc2c(c1)NC(=O)CO2. The van der Waals surface area contributed by atoms with Gasteiger partial charge in [0, 0.05) is 0 Å². The quantitative estimate of drug-likeness (QED) is 0.600. The zero-order chi connectivity index (χ0) is 17.3. The molecule has 0 saturated carbocycles. The number of hydrazone groups is 1. The van der Waals surface area contributed by atoms with Crippen molar-refractivity contribution >= 4 is 33.1 Å². The van der Waals surface area contributed by atoms with Crippen molar-refractivity contribution in [2.45, 2.75) is 13.3 Å². The molecule has 2 N–H and O–H groups in total. The Morgan fingerprint density at radius 1 is 1.42 bits per heavy atom. The molecule has 0 unspecified atom stereocenters. The standard InChI is InChI=1S/C15H17N3O5S/c1-9(17-18-15(20)11-4-5-24(21,22)8-11)10-2-3-13-12(6-10)16-14(19)7-23-13/h2-3,6,11H,4-5,7-8H2,1H3,(H,16,19)(H,18,20)/b17-9-/t11-/m1/s1. The molecule has 0 radical (unpaired) electrons. The fraction of sp³-hybridized carbons (Fsp3) is 0.400. The number of ether oxygens (including phenoxy) is 1. The predicted octanol–water partition coefficient (Wildman–Crippen LogP) is 0.292. The van der Waals surface area contributed by atoms with Gasteiger partial charge in [0.05, 0.1) is 28.8 Å².